The van der Waals surface area contributed by atoms with Gasteiger partial charge in [0.25, 0.3) is 0 Å². The van der Waals surface area contributed by atoms with Crippen molar-refractivity contribution in [3.8, 4) is 22.5 Å². The van der Waals surface area contributed by atoms with Crippen LogP contribution in [0.1, 0.15) is 0 Å². The molecule has 0 atom stereocenters. The van der Waals surface area contributed by atoms with Crippen molar-refractivity contribution >= 4 is 54.6 Å². The molecule has 0 amide bonds. The van der Waals surface area contributed by atoms with Gasteiger partial charge in [0.2, 0.25) is 0 Å². The number of para-hydroxylation sites is 4. The fourth-order valence-electron chi connectivity index (χ4n) is 6.47. The van der Waals surface area contributed by atoms with E-state index in [1.54, 1.807) is 0 Å². The zero-order chi connectivity index (χ0) is 26.9. The van der Waals surface area contributed by atoms with Gasteiger partial charge in [-0.3, -0.25) is 0 Å². The van der Waals surface area contributed by atoms with Gasteiger partial charge in [0.1, 0.15) is 11.2 Å². The molecule has 3 nitrogen and oxygen atoms in total. The van der Waals surface area contributed by atoms with Crippen molar-refractivity contribution in [1.82, 2.24) is 9.13 Å². The fourth-order valence-corrected chi connectivity index (χ4v) is 6.47. The summed E-state index contributed by atoms with van der Waals surface area (Å²) in [5, 5.41) is 6.05. The first-order valence-electron chi connectivity index (χ1n) is 13.9. The van der Waals surface area contributed by atoms with Crippen LogP contribution in [0.5, 0.6) is 0 Å². The maximum Gasteiger partial charge on any atom is 0.143 e. The molecular formula is C38H24N2O. The number of benzene rings is 6. The van der Waals surface area contributed by atoms with E-state index in [4.69, 9.17) is 4.42 Å². The molecule has 0 bridgehead atoms. The molecule has 0 unspecified atom stereocenters. The molecule has 0 aliphatic rings. The van der Waals surface area contributed by atoms with Crippen molar-refractivity contribution < 1.29 is 4.42 Å². The Kier molecular flexibility index (Phi) is 4.61. The van der Waals surface area contributed by atoms with Crippen LogP contribution in [-0.2, 0) is 0 Å². The van der Waals surface area contributed by atoms with Crippen LogP contribution < -0.4 is 0 Å². The summed E-state index contributed by atoms with van der Waals surface area (Å²) in [6.07, 6.45) is 2.16. The van der Waals surface area contributed by atoms with Crippen LogP contribution in [0.2, 0.25) is 0 Å². The summed E-state index contributed by atoms with van der Waals surface area (Å²) in [6, 6.07) is 49.7. The second-order valence-corrected chi connectivity index (χ2v) is 10.6. The quantitative estimate of drug-likeness (QED) is 0.225. The van der Waals surface area contributed by atoms with Gasteiger partial charge in [-0.1, -0.05) is 78.9 Å². The Labute approximate surface area is 236 Å². The Morgan fingerprint density at radius 3 is 1.90 bits per heavy atom. The highest BCUT2D eigenvalue weighted by Crippen LogP contribution is 2.37. The zero-order valence-corrected chi connectivity index (χ0v) is 22.2. The van der Waals surface area contributed by atoms with Crippen LogP contribution in [0.25, 0.3) is 77.1 Å². The SMILES string of the molecule is c1ccc2c(c1)oc1c(-c3ccc4c(ccn4-c4ccc(-n5c6ccccc6c6ccccc65)cc4)c3)cccc12. The molecule has 3 heterocycles. The van der Waals surface area contributed by atoms with Crippen LogP contribution in [0, 0.1) is 0 Å². The van der Waals surface area contributed by atoms with Gasteiger partial charge in [-0.15, -0.1) is 0 Å². The smallest absolute Gasteiger partial charge is 0.143 e. The third kappa shape index (κ3) is 3.26. The monoisotopic (exact) mass is 524 g/mol. The summed E-state index contributed by atoms with van der Waals surface area (Å²) in [6.45, 7) is 0. The van der Waals surface area contributed by atoms with Crippen LogP contribution in [0.4, 0.5) is 0 Å². The van der Waals surface area contributed by atoms with E-state index < -0.39 is 0 Å². The highest BCUT2D eigenvalue weighted by molar-refractivity contribution is 6.10. The third-order valence-corrected chi connectivity index (χ3v) is 8.37. The van der Waals surface area contributed by atoms with Crippen molar-refractivity contribution in [3.05, 3.63) is 146 Å². The molecule has 9 aromatic rings. The fraction of sp³-hybridized carbons (Fsp3) is 0. The summed E-state index contributed by atoms with van der Waals surface area (Å²) in [7, 11) is 0. The lowest BCUT2D eigenvalue weighted by Crippen LogP contribution is -1.96. The Morgan fingerprint density at radius 2 is 1.12 bits per heavy atom. The Balaban J connectivity index is 1.13. The van der Waals surface area contributed by atoms with E-state index in [0.29, 0.717) is 0 Å². The summed E-state index contributed by atoms with van der Waals surface area (Å²) in [4.78, 5) is 0. The third-order valence-electron chi connectivity index (χ3n) is 8.37. The second kappa shape index (κ2) is 8.48. The predicted molar refractivity (Wildman–Crippen MR) is 170 cm³/mol. The minimum Gasteiger partial charge on any atom is -0.455 e. The van der Waals surface area contributed by atoms with Gasteiger partial charge in [0.05, 0.1) is 16.6 Å². The minimum absolute atomic E-state index is 0.923. The first-order valence-corrected chi connectivity index (χ1v) is 13.9. The van der Waals surface area contributed by atoms with Crippen LogP contribution in [-0.4, -0.2) is 9.13 Å². The van der Waals surface area contributed by atoms with Gasteiger partial charge in [-0.2, -0.15) is 0 Å². The van der Waals surface area contributed by atoms with E-state index >= 15 is 0 Å². The Bertz CT molecular complexity index is 2360. The van der Waals surface area contributed by atoms with Crippen molar-refractivity contribution in [2.75, 3.05) is 0 Å². The molecule has 0 fully saturated rings. The van der Waals surface area contributed by atoms with E-state index in [2.05, 4.69) is 143 Å². The molecule has 0 aliphatic carbocycles. The Hall–Kier alpha value is -5.54. The predicted octanol–water partition coefficient (Wildman–Crippen LogP) is 10.3. The lowest BCUT2D eigenvalue weighted by Gasteiger charge is -2.11. The van der Waals surface area contributed by atoms with E-state index in [-0.39, 0.29) is 0 Å². The summed E-state index contributed by atoms with van der Waals surface area (Å²) in [5.41, 5.74) is 10.0. The van der Waals surface area contributed by atoms with Gasteiger partial charge in [0, 0.05) is 50.1 Å². The van der Waals surface area contributed by atoms with Crippen molar-refractivity contribution in [1.29, 1.82) is 0 Å². The summed E-state index contributed by atoms with van der Waals surface area (Å²) >= 11 is 0. The van der Waals surface area contributed by atoms with Gasteiger partial charge in [-0.25, -0.2) is 0 Å². The molecule has 3 heteroatoms. The normalized spacial score (nSPS) is 11.9. The molecule has 6 aromatic carbocycles. The molecule has 9 rings (SSSR count). The van der Waals surface area contributed by atoms with Gasteiger partial charge < -0.3 is 13.6 Å². The van der Waals surface area contributed by atoms with Crippen molar-refractivity contribution in [2.24, 2.45) is 0 Å². The van der Waals surface area contributed by atoms with E-state index in [9.17, 15) is 0 Å². The average Bonchev–Trinajstić information content (AvgIpc) is 3.73. The standard InChI is InChI=1S/C38H24N2O/c1-4-13-35-30(8-1)31-9-2-5-14-36(31)40(35)28-19-17-27(18-20-28)39-23-22-26-24-25(16-21-34(26)39)29-11-7-12-33-32-10-3-6-15-37(32)41-38(29)33/h1-24H. The second-order valence-electron chi connectivity index (χ2n) is 10.6. The lowest BCUT2D eigenvalue weighted by atomic mass is 10.0. The molecule has 0 N–H and O–H groups in total. The number of aromatic nitrogens is 2. The molecule has 192 valence electrons. The molecule has 0 saturated carbocycles. The lowest BCUT2D eigenvalue weighted by molar-refractivity contribution is 0.670. The molecule has 0 aliphatic heterocycles. The number of nitrogens with zero attached hydrogens (tertiary/aromatic N) is 2. The van der Waals surface area contributed by atoms with Gasteiger partial charge >= 0.3 is 0 Å². The molecule has 3 aromatic heterocycles. The van der Waals surface area contributed by atoms with Crippen molar-refractivity contribution in [2.45, 2.75) is 0 Å². The van der Waals surface area contributed by atoms with Crippen LogP contribution in [0.15, 0.2) is 150 Å². The molecule has 0 spiro atoms. The number of fused-ring (bicyclic) bond motifs is 7. The van der Waals surface area contributed by atoms with Gasteiger partial charge in [-0.05, 0) is 66.2 Å². The summed E-state index contributed by atoms with van der Waals surface area (Å²) < 4.78 is 10.9. The van der Waals surface area contributed by atoms with Crippen LogP contribution >= 0.6 is 0 Å². The number of rotatable bonds is 3. The first kappa shape index (κ1) is 22.3. The topological polar surface area (TPSA) is 23.0 Å². The molecule has 0 saturated heterocycles. The Morgan fingerprint density at radius 1 is 0.463 bits per heavy atom. The van der Waals surface area contributed by atoms with E-state index in [1.165, 1.54) is 32.7 Å². The van der Waals surface area contributed by atoms with Gasteiger partial charge in [0.15, 0.2) is 0 Å². The van der Waals surface area contributed by atoms with E-state index in [0.717, 1.165) is 44.4 Å². The average molecular weight is 525 g/mol. The maximum absolute atomic E-state index is 6.31. The molecular weight excluding hydrogens is 500 g/mol. The molecule has 41 heavy (non-hydrogen) atoms. The number of hydrogen-bond donors (Lipinski definition) is 0. The molecule has 0 radical (unpaired) electrons. The maximum atomic E-state index is 6.31. The number of furan rings is 1. The largest absolute Gasteiger partial charge is 0.455 e. The number of hydrogen-bond acceptors (Lipinski definition) is 1. The van der Waals surface area contributed by atoms with E-state index in [1.807, 2.05) is 12.1 Å². The zero-order valence-electron chi connectivity index (χ0n) is 22.2. The highest BCUT2D eigenvalue weighted by Gasteiger charge is 2.14. The van der Waals surface area contributed by atoms with Crippen molar-refractivity contribution in [3.63, 3.8) is 0 Å². The minimum atomic E-state index is 0.923. The summed E-state index contributed by atoms with van der Waals surface area (Å²) in [5.74, 6) is 0. The highest BCUT2D eigenvalue weighted by atomic mass is 16.3. The van der Waals surface area contributed by atoms with Crippen LogP contribution in [0.3, 0.4) is 0 Å². The first-order chi connectivity index (χ1) is 20.3.